The van der Waals surface area contributed by atoms with Gasteiger partial charge in [0.1, 0.15) is 0 Å². The molecule has 0 fully saturated rings. The first-order valence-corrected chi connectivity index (χ1v) is 13.4. The molecule has 0 aromatic heterocycles. The normalized spacial score (nSPS) is 11.6. The Kier molecular flexibility index (Phi) is 6.91. The molecule has 0 atom stereocenters. The molecule has 0 unspecified atom stereocenters. The van der Waals surface area contributed by atoms with Crippen LogP contribution < -0.4 is 26.0 Å². The maximum atomic E-state index is 13.7. The van der Waals surface area contributed by atoms with E-state index in [0.717, 1.165) is 22.6 Å². The van der Waals surface area contributed by atoms with Crippen molar-refractivity contribution in [3.63, 3.8) is 0 Å². The van der Waals surface area contributed by atoms with Gasteiger partial charge in [0.25, 0.3) is 0 Å². The number of anilines is 1. The molecule has 0 radical (unpaired) electrons. The number of ether oxygens (including phenoxy) is 1. The zero-order valence-electron chi connectivity index (χ0n) is 19.3. The van der Waals surface area contributed by atoms with Gasteiger partial charge >= 0.3 is 197 Å². The van der Waals surface area contributed by atoms with Gasteiger partial charge in [0.2, 0.25) is 0 Å². The predicted octanol–water partition coefficient (Wildman–Crippen LogP) is 4.98. The molecule has 4 heteroatoms. The van der Waals surface area contributed by atoms with Crippen LogP contribution in [0.4, 0.5) is 5.69 Å². The summed E-state index contributed by atoms with van der Waals surface area (Å²) >= 11 is 0. The Morgan fingerprint density at radius 3 is 1.48 bits per heavy atom. The van der Waals surface area contributed by atoms with Crippen molar-refractivity contribution >= 4 is 34.8 Å². The second kappa shape index (κ2) is 10.0. The van der Waals surface area contributed by atoms with Gasteiger partial charge in [-0.25, -0.2) is 0 Å². The van der Waals surface area contributed by atoms with Gasteiger partial charge in [0.05, 0.1) is 0 Å². The molecule has 0 bridgehead atoms. The molecule has 33 heavy (non-hydrogen) atoms. The van der Waals surface area contributed by atoms with Crippen LogP contribution in [0, 0.1) is 13.8 Å². The number of amides is 1. The summed E-state index contributed by atoms with van der Waals surface area (Å²) in [5, 5.41) is 6.90. The standard InChI is InChI=1S/C29H30NO2P/c1-22-19-24(32-3)20-23(2)29(22)30-28(31)21-33(25-13-7-4-8-14-25,26-15-9-5-10-16-26)27-17-11-6-12-18-27/h4-20,33H,21H2,1-3H3,(H,30,31). The molecule has 0 saturated heterocycles. The van der Waals surface area contributed by atoms with Crippen LogP contribution in [-0.2, 0) is 4.79 Å². The minimum absolute atomic E-state index is 0.0228. The van der Waals surface area contributed by atoms with Gasteiger partial charge in [0.15, 0.2) is 0 Å². The molecule has 4 aromatic rings. The number of methoxy groups -OCH3 is 1. The van der Waals surface area contributed by atoms with E-state index in [1.54, 1.807) is 7.11 Å². The van der Waals surface area contributed by atoms with E-state index in [4.69, 9.17) is 4.74 Å². The summed E-state index contributed by atoms with van der Waals surface area (Å²) in [4.78, 5) is 13.7. The molecule has 0 heterocycles. The third-order valence-corrected chi connectivity index (χ3v) is 11.0. The summed E-state index contributed by atoms with van der Waals surface area (Å²) in [5.41, 5.74) is 2.84. The van der Waals surface area contributed by atoms with Gasteiger partial charge in [-0.3, -0.25) is 0 Å². The van der Waals surface area contributed by atoms with E-state index in [9.17, 15) is 4.79 Å². The van der Waals surface area contributed by atoms with Crippen molar-refractivity contribution in [3.05, 3.63) is 114 Å². The Hall–Kier alpha value is -3.42. The fourth-order valence-electron chi connectivity index (χ4n) is 4.64. The number of rotatable bonds is 7. The molecule has 0 aliphatic rings. The third-order valence-electron chi connectivity index (χ3n) is 6.23. The van der Waals surface area contributed by atoms with Gasteiger partial charge < -0.3 is 0 Å². The summed E-state index contributed by atoms with van der Waals surface area (Å²) < 4.78 is 5.38. The Bertz CT molecular complexity index is 1100. The maximum absolute atomic E-state index is 13.7. The first-order chi connectivity index (χ1) is 16.0. The Morgan fingerprint density at radius 1 is 0.727 bits per heavy atom. The molecule has 1 amide bonds. The number of carbonyl (C=O) groups excluding carboxylic acids is 1. The van der Waals surface area contributed by atoms with Crippen molar-refractivity contribution in [2.75, 3.05) is 18.6 Å². The average molecular weight is 456 g/mol. The minimum atomic E-state index is -2.63. The van der Waals surface area contributed by atoms with Crippen LogP contribution in [0.5, 0.6) is 5.75 Å². The Labute approximate surface area is 196 Å². The quantitative estimate of drug-likeness (QED) is 0.399. The summed E-state index contributed by atoms with van der Waals surface area (Å²) in [6.45, 7) is 4.00. The van der Waals surface area contributed by atoms with Crippen LogP contribution in [0.1, 0.15) is 11.1 Å². The van der Waals surface area contributed by atoms with E-state index in [0.29, 0.717) is 6.16 Å². The first kappa shape index (κ1) is 22.8. The topological polar surface area (TPSA) is 38.3 Å². The van der Waals surface area contributed by atoms with Crippen molar-refractivity contribution in [2.24, 2.45) is 0 Å². The van der Waals surface area contributed by atoms with Gasteiger partial charge in [-0.15, -0.1) is 0 Å². The molecular weight excluding hydrogens is 425 g/mol. The second-order valence-electron chi connectivity index (χ2n) is 8.36. The van der Waals surface area contributed by atoms with Gasteiger partial charge in [-0.1, -0.05) is 0 Å². The number of carbonyl (C=O) groups is 1. The zero-order valence-corrected chi connectivity index (χ0v) is 20.3. The van der Waals surface area contributed by atoms with Crippen LogP contribution in [-0.4, -0.2) is 19.2 Å². The van der Waals surface area contributed by atoms with Gasteiger partial charge in [-0.05, 0) is 0 Å². The molecule has 0 spiro atoms. The van der Waals surface area contributed by atoms with E-state index in [-0.39, 0.29) is 5.91 Å². The van der Waals surface area contributed by atoms with Crippen LogP contribution in [0.15, 0.2) is 103 Å². The van der Waals surface area contributed by atoms with Crippen LogP contribution in [0.25, 0.3) is 0 Å². The fourth-order valence-corrected chi connectivity index (χ4v) is 9.10. The average Bonchev–Trinajstić information content (AvgIpc) is 2.86. The van der Waals surface area contributed by atoms with Crippen LogP contribution in [0.3, 0.4) is 0 Å². The van der Waals surface area contributed by atoms with Gasteiger partial charge in [-0.2, -0.15) is 0 Å². The summed E-state index contributed by atoms with van der Waals surface area (Å²) in [6, 6.07) is 35.4. The SMILES string of the molecule is COc1cc(C)c(NC(=O)C[PH](c2ccccc2)(c2ccccc2)c2ccccc2)c(C)c1. The molecule has 168 valence electrons. The molecule has 4 aromatic carbocycles. The van der Waals surface area contributed by atoms with Crippen LogP contribution in [0.2, 0.25) is 0 Å². The predicted molar refractivity (Wildman–Crippen MR) is 143 cm³/mol. The third kappa shape index (κ3) is 4.69. The molecule has 0 saturated carbocycles. The van der Waals surface area contributed by atoms with E-state index in [1.165, 1.54) is 15.9 Å². The monoisotopic (exact) mass is 455 g/mol. The van der Waals surface area contributed by atoms with Gasteiger partial charge in [0, 0.05) is 0 Å². The summed E-state index contributed by atoms with van der Waals surface area (Å²) in [6.07, 6.45) is 0.413. The van der Waals surface area contributed by atoms with Crippen molar-refractivity contribution in [2.45, 2.75) is 13.8 Å². The number of nitrogens with one attached hydrogen (secondary N) is 1. The molecule has 4 rings (SSSR count). The molecular formula is C29H30NO2P. The number of benzene rings is 4. The molecule has 0 aliphatic heterocycles. The fraction of sp³-hybridized carbons (Fsp3) is 0.138. The van der Waals surface area contributed by atoms with Crippen molar-refractivity contribution in [3.8, 4) is 5.75 Å². The molecule has 1 N–H and O–H groups in total. The van der Waals surface area contributed by atoms with Crippen molar-refractivity contribution < 1.29 is 9.53 Å². The zero-order chi connectivity index (χ0) is 23.3. The number of aryl methyl sites for hydroxylation is 2. The molecule has 0 aliphatic carbocycles. The first-order valence-electron chi connectivity index (χ1n) is 11.2. The second-order valence-corrected chi connectivity index (χ2v) is 12.3. The summed E-state index contributed by atoms with van der Waals surface area (Å²) in [7, 11) is -0.971. The van der Waals surface area contributed by atoms with E-state index in [1.807, 2.05) is 44.2 Å². The molecule has 3 nitrogen and oxygen atoms in total. The van der Waals surface area contributed by atoms with Crippen molar-refractivity contribution in [1.29, 1.82) is 0 Å². The Morgan fingerprint density at radius 2 is 1.12 bits per heavy atom. The van der Waals surface area contributed by atoms with E-state index in [2.05, 4.69) is 78.1 Å². The Balaban J connectivity index is 1.82. The van der Waals surface area contributed by atoms with E-state index < -0.39 is 7.26 Å². The summed E-state index contributed by atoms with van der Waals surface area (Å²) in [5.74, 6) is 0.819. The van der Waals surface area contributed by atoms with Crippen LogP contribution >= 0.6 is 7.26 Å². The number of hydrogen-bond donors (Lipinski definition) is 1. The number of hydrogen-bond acceptors (Lipinski definition) is 2. The van der Waals surface area contributed by atoms with Crippen molar-refractivity contribution in [1.82, 2.24) is 0 Å². The van der Waals surface area contributed by atoms with E-state index >= 15 is 0 Å².